The zero-order chi connectivity index (χ0) is 13.7. The maximum atomic E-state index is 6.27. The van der Waals surface area contributed by atoms with Gasteiger partial charge in [-0.05, 0) is 49.1 Å². The molecule has 4 nitrogen and oxygen atoms in total. The Morgan fingerprint density at radius 1 is 1.15 bits per heavy atom. The zero-order valence-corrected chi connectivity index (χ0v) is 11.6. The van der Waals surface area contributed by atoms with Gasteiger partial charge in [-0.25, -0.2) is 9.67 Å². The summed E-state index contributed by atoms with van der Waals surface area (Å²) in [5, 5.41) is 6.07. The van der Waals surface area contributed by atoms with Crippen molar-refractivity contribution in [2.45, 2.75) is 19.3 Å². The second kappa shape index (κ2) is 4.21. The van der Waals surface area contributed by atoms with Crippen molar-refractivity contribution in [3.63, 3.8) is 0 Å². The fourth-order valence-corrected chi connectivity index (χ4v) is 2.97. The molecule has 2 N–H and O–H groups in total. The molecule has 1 aromatic carbocycles. The molecule has 0 saturated heterocycles. The minimum Gasteiger partial charge on any atom is -0.398 e. The predicted molar refractivity (Wildman–Crippen MR) is 80.3 cm³/mol. The lowest BCUT2D eigenvalue weighted by molar-refractivity contribution is 0.878. The van der Waals surface area contributed by atoms with Gasteiger partial charge >= 0.3 is 0 Å². The molecule has 20 heavy (non-hydrogen) atoms. The number of pyridine rings is 1. The number of aryl methyl sites for hydroxylation is 1. The summed E-state index contributed by atoms with van der Waals surface area (Å²) in [5.74, 6) is 0. The molecule has 1 aliphatic rings. The van der Waals surface area contributed by atoms with Crippen molar-refractivity contribution < 1.29 is 0 Å². The predicted octanol–water partition coefficient (Wildman–Crippen LogP) is 3.14. The van der Waals surface area contributed by atoms with Gasteiger partial charge < -0.3 is 5.73 Å². The molecule has 0 fully saturated rings. The van der Waals surface area contributed by atoms with Crippen LogP contribution in [0, 0.1) is 0 Å². The summed E-state index contributed by atoms with van der Waals surface area (Å²) in [6, 6.07) is 7.56. The van der Waals surface area contributed by atoms with Crippen LogP contribution in [0.5, 0.6) is 0 Å². The van der Waals surface area contributed by atoms with Crippen LogP contribution in [-0.2, 0) is 12.8 Å². The molecule has 0 saturated carbocycles. The molecule has 0 bridgehead atoms. The van der Waals surface area contributed by atoms with Crippen molar-refractivity contribution in [1.82, 2.24) is 14.8 Å². The van der Waals surface area contributed by atoms with Crippen LogP contribution in [0.3, 0.4) is 0 Å². The minimum absolute atomic E-state index is 0.707. The molecule has 0 unspecified atom stereocenters. The Labute approximate surface area is 121 Å². The smallest absolute Gasteiger partial charge is 0.165 e. The van der Waals surface area contributed by atoms with E-state index < -0.39 is 0 Å². The number of fused-ring (bicyclic) bond motifs is 2. The van der Waals surface area contributed by atoms with Gasteiger partial charge in [0.2, 0.25) is 0 Å². The number of hydrogen-bond acceptors (Lipinski definition) is 3. The van der Waals surface area contributed by atoms with E-state index in [1.54, 1.807) is 6.20 Å². The third-order valence-electron chi connectivity index (χ3n) is 3.86. The summed E-state index contributed by atoms with van der Waals surface area (Å²) in [5.41, 5.74) is 11.2. The number of nitrogen functional groups attached to an aromatic ring is 1. The van der Waals surface area contributed by atoms with Gasteiger partial charge in [-0.3, -0.25) is 0 Å². The molecule has 2 heterocycles. The molecule has 0 amide bonds. The summed E-state index contributed by atoms with van der Waals surface area (Å²) < 4.78 is 1.82. The van der Waals surface area contributed by atoms with Gasteiger partial charge in [0.15, 0.2) is 5.65 Å². The Hall–Kier alpha value is -2.07. The second-order valence-corrected chi connectivity index (χ2v) is 5.51. The van der Waals surface area contributed by atoms with Gasteiger partial charge in [0.25, 0.3) is 0 Å². The first-order valence-electron chi connectivity index (χ1n) is 6.65. The molecule has 5 heteroatoms. The first-order valence-corrected chi connectivity index (χ1v) is 7.03. The summed E-state index contributed by atoms with van der Waals surface area (Å²) in [7, 11) is 0. The highest BCUT2D eigenvalue weighted by atomic mass is 35.5. The third-order valence-corrected chi connectivity index (χ3v) is 4.11. The summed E-state index contributed by atoms with van der Waals surface area (Å²) in [6.07, 6.45) is 4.95. The number of nitrogens with two attached hydrogens (primary N) is 1. The van der Waals surface area contributed by atoms with E-state index in [1.807, 2.05) is 28.9 Å². The van der Waals surface area contributed by atoms with Crippen LogP contribution >= 0.6 is 11.6 Å². The van der Waals surface area contributed by atoms with Gasteiger partial charge in [-0.2, -0.15) is 5.10 Å². The van der Waals surface area contributed by atoms with E-state index in [0.717, 1.165) is 47.4 Å². The molecular formula is C15H13ClN4. The van der Waals surface area contributed by atoms with Crippen LogP contribution in [0.25, 0.3) is 16.7 Å². The van der Waals surface area contributed by atoms with Gasteiger partial charge in [0, 0.05) is 16.4 Å². The van der Waals surface area contributed by atoms with Crippen LogP contribution in [0.15, 0.2) is 30.5 Å². The Balaban J connectivity index is 1.98. The lowest BCUT2D eigenvalue weighted by Crippen LogP contribution is -2.01. The van der Waals surface area contributed by atoms with Crippen molar-refractivity contribution >= 4 is 28.3 Å². The first kappa shape index (κ1) is 11.7. The van der Waals surface area contributed by atoms with Crippen molar-refractivity contribution in [3.05, 3.63) is 46.7 Å². The second-order valence-electron chi connectivity index (χ2n) is 5.07. The van der Waals surface area contributed by atoms with E-state index in [0.29, 0.717) is 5.02 Å². The Bertz CT molecular complexity index is 805. The number of rotatable bonds is 1. The standard InChI is InChI=1S/C15H13ClN4/c16-9-4-6-10(7-5-9)20-15-12(8-18-20)14(17)11-2-1-3-13(11)19-15/h4-8H,1-3H2,(H2,17,19). The molecule has 3 aromatic rings. The quantitative estimate of drug-likeness (QED) is 0.747. The van der Waals surface area contributed by atoms with Crippen LogP contribution in [-0.4, -0.2) is 14.8 Å². The number of benzene rings is 1. The van der Waals surface area contributed by atoms with Gasteiger partial charge in [0.1, 0.15) is 0 Å². The van der Waals surface area contributed by atoms with Gasteiger partial charge in [0.05, 0.1) is 17.3 Å². The van der Waals surface area contributed by atoms with Gasteiger partial charge in [-0.15, -0.1) is 0 Å². The van der Waals surface area contributed by atoms with Crippen molar-refractivity contribution in [3.8, 4) is 5.69 Å². The van der Waals surface area contributed by atoms with Crippen LogP contribution in [0.4, 0.5) is 5.69 Å². The highest BCUT2D eigenvalue weighted by molar-refractivity contribution is 6.30. The average Bonchev–Trinajstić information content (AvgIpc) is 3.07. The number of hydrogen-bond donors (Lipinski definition) is 1. The van der Waals surface area contributed by atoms with Crippen molar-refractivity contribution in [1.29, 1.82) is 0 Å². The highest BCUT2D eigenvalue weighted by Gasteiger charge is 2.20. The fraction of sp³-hybridized carbons (Fsp3) is 0.200. The number of anilines is 1. The Morgan fingerprint density at radius 2 is 1.95 bits per heavy atom. The summed E-state index contributed by atoms with van der Waals surface area (Å²) in [4.78, 5) is 4.76. The fourth-order valence-electron chi connectivity index (χ4n) is 2.84. The molecule has 0 spiro atoms. The first-order chi connectivity index (χ1) is 9.74. The number of halogens is 1. The highest BCUT2D eigenvalue weighted by Crippen LogP contribution is 2.32. The number of nitrogens with zero attached hydrogens (tertiary/aromatic N) is 3. The molecule has 100 valence electrons. The van der Waals surface area contributed by atoms with Crippen molar-refractivity contribution in [2.24, 2.45) is 0 Å². The van der Waals surface area contributed by atoms with Gasteiger partial charge in [-0.1, -0.05) is 11.6 Å². The normalized spacial score (nSPS) is 13.8. The summed E-state index contributed by atoms with van der Waals surface area (Å²) in [6.45, 7) is 0. The monoisotopic (exact) mass is 284 g/mol. The topological polar surface area (TPSA) is 56.7 Å². The molecule has 4 rings (SSSR count). The lowest BCUT2D eigenvalue weighted by Gasteiger charge is -2.07. The summed E-state index contributed by atoms with van der Waals surface area (Å²) >= 11 is 5.93. The Morgan fingerprint density at radius 3 is 2.75 bits per heavy atom. The van der Waals surface area contributed by atoms with Crippen LogP contribution in [0.2, 0.25) is 5.02 Å². The minimum atomic E-state index is 0.707. The third kappa shape index (κ3) is 1.61. The van der Waals surface area contributed by atoms with E-state index in [2.05, 4.69) is 5.10 Å². The molecule has 2 aromatic heterocycles. The number of aromatic nitrogens is 3. The van der Waals surface area contributed by atoms with E-state index in [4.69, 9.17) is 22.3 Å². The molecule has 1 aliphatic carbocycles. The molecule has 0 aliphatic heterocycles. The zero-order valence-electron chi connectivity index (χ0n) is 10.8. The van der Waals surface area contributed by atoms with Crippen LogP contribution < -0.4 is 5.73 Å². The SMILES string of the molecule is Nc1c2c(nc3c1cnn3-c1ccc(Cl)cc1)CCC2. The van der Waals surface area contributed by atoms with E-state index in [-0.39, 0.29) is 0 Å². The maximum absolute atomic E-state index is 6.27. The van der Waals surface area contributed by atoms with E-state index >= 15 is 0 Å². The Kier molecular flexibility index (Phi) is 2.47. The average molecular weight is 285 g/mol. The lowest BCUT2D eigenvalue weighted by atomic mass is 10.1. The largest absolute Gasteiger partial charge is 0.398 e. The van der Waals surface area contributed by atoms with E-state index in [1.165, 1.54) is 5.56 Å². The maximum Gasteiger partial charge on any atom is 0.165 e. The van der Waals surface area contributed by atoms with Crippen molar-refractivity contribution in [2.75, 3.05) is 5.73 Å². The molecule has 0 atom stereocenters. The molecular weight excluding hydrogens is 272 g/mol. The molecule has 0 radical (unpaired) electrons. The van der Waals surface area contributed by atoms with E-state index in [9.17, 15) is 0 Å². The van der Waals surface area contributed by atoms with Crippen LogP contribution in [0.1, 0.15) is 17.7 Å².